The second-order valence-electron chi connectivity index (χ2n) is 2.77. The van der Waals surface area contributed by atoms with Crippen LogP contribution < -0.4 is 5.73 Å². The van der Waals surface area contributed by atoms with Gasteiger partial charge in [0.05, 0.1) is 12.7 Å². The van der Waals surface area contributed by atoms with Crippen LogP contribution in [0.1, 0.15) is 16.5 Å². The van der Waals surface area contributed by atoms with E-state index in [-0.39, 0.29) is 11.2 Å². The van der Waals surface area contributed by atoms with Crippen molar-refractivity contribution in [1.29, 1.82) is 0 Å². The Morgan fingerprint density at radius 3 is 3.33 bits per heavy atom. The number of hydrogen-bond donors (Lipinski definition) is 1. The van der Waals surface area contributed by atoms with E-state index >= 15 is 0 Å². The fourth-order valence-corrected chi connectivity index (χ4v) is 2.37. The third-order valence-corrected chi connectivity index (χ3v) is 3.02. The van der Waals surface area contributed by atoms with E-state index < -0.39 is 0 Å². The van der Waals surface area contributed by atoms with E-state index in [1.54, 1.807) is 0 Å². The standard InChI is InChI=1S/C8H10FNOS/c9-8-3-5-6(4-10)11-2-1-7(5)12-8/h3,6H,1-2,4,10H2/t6-/m1/s1. The van der Waals surface area contributed by atoms with Crippen LogP contribution >= 0.6 is 11.3 Å². The minimum absolute atomic E-state index is 0.0884. The summed E-state index contributed by atoms with van der Waals surface area (Å²) in [5, 5.41) is -0.135. The van der Waals surface area contributed by atoms with Gasteiger partial charge in [0.25, 0.3) is 0 Å². The zero-order chi connectivity index (χ0) is 8.55. The largest absolute Gasteiger partial charge is 0.372 e. The molecule has 1 aliphatic rings. The molecule has 0 saturated heterocycles. The zero-order valence-electron chi connectivity index (χ0n) is 6.55. The van der Waals surface area contributed by atoms with Gasteiger partial charge in [0.15, 0.2) is 5.13 Å². The molecule has 2 nitrogen and oxygen atoms in total. The molecule has 4 heteroatoms. The minimum Gasteiger partial charge on any atom is -0.372 e. The van der Waals surface area contributed by atoms with Crippen molar-refractivity contribution >= 4 is 11.3 Å². The Bertz CT molecular complexity index is 287. The van der Waals surface area contributed by atoms with Gasteiger partial charge in [-0.1, -0.05) is 0 Å². The van der Waals surface area contributed by atoms with E-state index in [9.17, 15) is 4.39 Å². The number of fused-ring (bicyclic) bond motifs is 1. The quantitative estimate of drug-likeness (QED) is 0.722. The smallest absolute Gasteiger partial charge is 0.177 e. The van der Waals surface area contributed by atoms with Crippen molar-refractivity contribution < 1.29 is 9.13 Å². The molecule has 0 radical (unpaired) electrons. The molecule has 2 heterocycles. The van der Waals surface area contributed by atoms with Crippen LogP contribution in [0.5, 0.6) is 0 Å². The third-order valence-electron chi connectivity index (χ3n) is 2.02. The number of rotatable bonds is 1. The summed E-state index contributed by atoms with van der Waals surface area (Å²) in [5.74, 6) is 0. The number of nitrogens with two attached hydrogens (primary N) is 1. The lowest BCUT2D eigenvalue weighted by molar-refractivity contribution is 0.0497. The van der Waals surface area contributed by atoms with Crippen LogP contribution in [-0.4, -0.2) is 13.2 Å². The fourth-order valence-electron chi connectivity index (χ4n) is 1.46. The van der Waals surface area contributed by atoms with E-state index in [1.807, 2.05) is 0 Å². The average molecular weight is 187 g/mol. The SMILES string of the molecule is NC[C@H]1OCCc2sc(F)cc21. The number of thiophene rings is 1. The molecule has 0 fully saturated rings. The molecular weight excluding hydrogens is 177 g/mol. The van der Waals surface area contributed by atoms with Crippen LogP contribution in [0.4, 0.5) is 4.39 Å². The molecule has 1 aromatic rings. The highest BCUT2D eigenvalue weighted by molar-refractivity contribution is 7.10. The predicted molar refractivity (Wildman–Crippen MR) is 45.7 cm³/mol. The molecule has 66 valence electrons. The summed E-state index contributed by atoms with van der Waals surface area (Å²) in [6.07, 6.45) is 0.731. The molecule has 12 heavy (non-hydrogen) atoms. The van der Waals surface area contributed by atoms with Gasteiger partial charge in [0, 0.05) is 17.8 Å². The van der Waals surface area contributed by atoms with Gasteiger partial charge >= 0.3 is 0 Å². The maximum atomic E-state index is 12.8. The summed E-state index contributed by atoms with van der Waals surface area (Å²) >= 11 is 1.21. The number of halogens is 1. The monoisotopic (exact) mass is 187 g/mol. The molecule has 0 aromatic carbocycles. The first-order chi connectivity index (χ1) is 5.81. The van der Waals surface area contributed by atoms with E-state index in [4.69, 9.17) is 10.5 Å². The highest BCUT2D eigenvalue weighted by Gasteiger charge is 2.22. The predicted octanol–water partition coefficient (Wildman–Crippen LogP) is 1.46. The van der Waals surface area contributed by atoms with E-state index in [0.29, 0.717) is 13.2 Å². The number of ether oxygens (including phenoxy) is 1. The maximum Gasteiger partial charge on any atom is 0.177 e. The summed E-state index contributed by atoms with van der Waals surface area (Å²) < 4.78 is 18.2. The van der Waals surface area contributed by atoms with Crippen molar-refractivity contribution in [2.45, 2.75) is 12.5 Å². The second kappa shape index (κ2) is 3.12. The lowest BCUT2D eigenvalue weighted by Gasteiger charge is -2.21. The summed E-state index contributed by atoms with van der Waals surface area (Å²) in [6.45, 7) is 1.10. The molecule has 1 aliphatic heterocycles. The highest BCUT2D eigenvalue weighted by Crippen LogP contribution is 2.32. The third kappa shape index (κ3) is 1.26. The first-order valence-corrected chi connectivity index (χ1v) is 4.72. The van der Waals surface area contributed by atoms with Crippen molar-refractivity contribution in [3.05, 3.63) is 21.6 Å². The van der Waals surface area contributed by atoms with Gasteiger partial charge in [0.1, 0.15) is 0 Å². The number of hydrogen-bond acceptors (Lipinski definition) is 3. The minimum atomic E-state index is -0.135. The van der Waals surface area contributed by atoms with Crippen LogP contribution in [0.15, 0.2) is 6.07 Å². The maximum absolute atomic E-state index is 12.8. The molecule has 0 unspecified atom stereocenters. The van der Waals surface area contributed by atoms with E-state index in [0.717, 1.165) is 16.9 Å². The lowest BCUT2D eigenvalue weighted by atomic mass is 10.1. The molecule has 0 amide bonds. The van der Waals surface area contributed by atoms with Crippen LogP contribution in [0.25, 0.3) is 0 Å². The zero-order valence-corrected chi connectivity index (χ0v) is 7.36. The summed E-state index contributed by atoms with van der Waals surface area (Å²) in [4.78, 5) is 1.09. The van der Waals surface area contributed by atoms with Crippen molar-refractivity contribution in [3.8, 4) is 0 Å². The Hall–Kier alpha value is -0.450. The van der Waals surface area contributed by atoms with Crippen LogP contribution in [0.3, 0.4) is 0 Å². The van der Waals surface area contributed by atoms with Crippen LogP contribution in [-0.2, 0) is 11.2 Å². The van der Waals surface area contributed by atoms with E-state index in [2.05, 4.69) is 0 Å². The average Bonchev–Trinajstić information content (AvgIpc) is 2.44. The van der Waals surface area contributed by atoms with Crippen LogP contribution in [0, 0.1) is 5.13 Å². The molecule has 1 atom stereocenters. The first-order valence-electron chi connectivity index (χ1n) is 3.91. The van der Waals surface area contributed by atoms with Gasteiger partial charge in [-0.05, 0) is 11.6 Å². The topological polar surface area (TPSA) is 35.2 Å². The second-order valence-corrected chi connectivity index (χ2v) is 3.86. The molecule has 2 N–H and O–H groups in total. The van der Waals surface area contributed by atoms with Crippen molar-refractivity contribution in [3.63, 3.8) is 0 Å². The Morgan fingerprint density at radius 1 is 1.75 bits per heavy atom. The molecule has 0 aliphatic carbocycles. The van der Waals surface area contributed by atoms with Gasteiger partial charge in [-0.2, -0.15) is 4.39 Å². The van der Waals surface area contributed by atoms with Gasteiger partial charge in [-0.25, -0.2) is 0 Å². The van der Waals surface area contributed by atoms with Crippen molar-refractivity contribution in [1.82, 2.24) is 0 Å². The van der Waals surface area contributed by atoms with Gasteiger partial charge in [-0.3, -0.25) is 0 Å². The van der Waals surface area contributed by atoms with Crippen molar-refractivity contribution in [2.24, 2.45) is 5.73 Å². The Kier molecular flexibility index (Phi) is 2.12. The van der Waals surface area contributed by atoms with Gasteiger partial charge < -0.3 is 10.5 Å². The van der Waals surface area contributed by atoms with Crippen LogP contribution in [0.2, 0.25) is 0 Å². The Labute approximate surface area is 74.1 Å². The molecule has 0 spiro atoms. The summed E-state index contributed by atoms with van der Waals surface area (Å²) in [7, 11) is 0. The van der Waals surface area contributed by atoms with Gasteiger partial charge in [0.2, 0.25) is 0 Å². The summed E-state index contributed by atoms with van der Waals surface area (Å²) in [6, 6.07) is 1.54. The van der Waals surface area contributed by atoms with Crippen molar-refractivity contribution in [2.75, 3.05) is 13.2 Å². The fraction of sp³-hybridized carbons (Fsp3) is 0.500. The molecule has 2 rings (SSSR count). The van der Waals surface area contributed by atoms with E-state index in [1.165, 1.54) is 17.4 Å². The molecule has 0 bridgehead atoms. The highest BCUT2D eigenvalue weighted by atomic mass is 32.1. The normalized spacial score (nSPS) is 22.3. The Balaban J connectivity index is 2.36. The molecular formula is C8H10FNOS. The lowest BCUT2D eigenvalue weighted by Crippen LogP contribution is -2.21. The molecule has 0 saturated carbocycles. The molecule has 1 aromatic heterocycles. The van der Waals surface area contributed by atoms with Gasteiger partial charge in [-0.15, -0.1) is 11.3 Å². The Morgan fingerprint density at radius 2 is 2.58 bits per heavy atom. The summed E-state index contributed by atoms with van der Waals surface area (Å²) in [5.41, 5.74) is 6.43. The first kappa shape index (κ1) is 8.16.